The minimum Gasteiger partial charge on any atom is -0.444 e. The first kappa shape index (κ1) is 14.0. The van der Waals surface area contributed by atoms with Crippen LogP contribution in [0.2, 0.25) is 0 Å². The maximum atomic E-state index is 11.7. The molecule has 2 atom stereocenters. The minimum atomic E-state index is -0.441. The van der Waals surface area contributed by atoms with Crippen LogP contribution in [0.4, 0.5) is 4.79 Å². The summed E-state index contributed by atoms with van der Waals surface area (Å²) in [4.78, 5) is 15.9. The zero-order valence-corrected chi connectivity index (χ0v) is 11.5. The third-order valence-corrected chi connectivity index (χ3v) is 3.05. The largest absolute Gasteiger partial charge is 0.444 e. The van der Waals surface area contributed by atoms with Gasteiger partial charge in [-0.2, -0.15) is 0 Å². The second-order valence-corrected chi connectivity index (χ2v) is 5.76. The number of ether oxygens (including phenoxy) is 1. The van der Waals surface area contributed by atoms with Gasteiger partial charge in [0.05, 0.1) is 0 Å². The molecule has 0 aromatic carbocycles. The van der Waals surface area contributed by atoms with Gasteiger partial charge in [0, 0.05) is 25.2 Å². The Labute approximate surface area is 104 Å². The number of amides is 1. The van der Waals surface area contributed by atoms with Gasteiger partial charge < -0.3 is 10.1 Å². The quantitative estimate of drug-likeness (QED) is 0.766. The standard InChI is InChI=1S/C13H24N2O2/c1-9-6-7-10(14-5)8-11(9)15-12(16)17-13(2,3)4/h9,11H,6-8H2,1-5H3,(H,15,16). The van der Waals surface area contributed by atoms with E-state index in [1.54, 1.807) is 0 Å². The molecular weight excluding hydrogens is 216 g/mol. The zero-order chi connectivity index (χ0) is 13.1. The molecule has 0 aromatic heterocycles. The third-order valence-electron chi connectivity index (χ3n) is 3.05. The first-order chi connectivity index (χ1) is 7.81. The van der Waals surface area contributed by atoms with Crippen LogP contribution >= 0.6 is 0 Å². The summed E-state index contributed by atoms with van der Waals surface area (Å²) in [7, 11) is 1.82. The molecule has 0 aromatic rings. The summed E-state index contributed by atoms with van der Waals surface area (Å²) in [5, 5.41) is 2.95. The van der Waals surface area contributed by atoms with Crippen LogP contribution in [0.3, 0.4) is 0 Å². The van der Waals surface area contributed by atoms with Crippen molar-refractivity contribution in [2.24, 2.45) is 10.9 Å². The van der Waals surface area contributed by atoms with Gasteiger partial charge in [-0.3, -0.25) is 4.99 Å². The molecule has 0 spiro atoms. The number of hydrogen-bond acceptors (Lipinski definition) is 3. The number of nitrogens with zero attached hydrogens (tertiary/aromatic N) is 1. The molecule has 2 unspecified atom stereocenters. The van der Waals surface area contributed by atoms with Crippen LogP contribution in [0.25, 0.3) is 0 Å². The van der Waals surface area contributed by atoms with Crippen LogP contribution in [-0.4, -0.2) is 30.5 Å². The summed E-state index contributed by atoms with van der Waals surface area (Å²) in [5.74, 6) is 0.480. The van der Waals surface area contributed by atoms with E-state index in [-0.39, 0.29) is 12.1 Å². The molecule has 0 saturated heterocycles. The zero-order valence-electron chi connectivity index (χ0n) is 11.5. The fraction of sp³-hybridized carbons (Fsp3) is 0.846. The highest BCUT2D eigenvalue weighted by Gasteiger charge is 2.27. The van der Waals surface area contributed by atoms with Crippen molar-refractivity contribution in [2.75, 3.05) is 7.05 Å². The van der Waals surface area contributed by atoms with Crippen LogP contribution in [0.5, 0.6) is 0 Å². The minimum absolute atomic E-state index is 0.150. The predicted molar refractivity (Wildman–Crippen MR) is 69.5 cm³/mol. The normalized spacial score (nSPS) is 27.9. The van der Waals surface area contributed by atoms with Crippen LogP contribution in [-0.2, 0) is 4.74 Å². The van der Waals surface area contributed by atoms with Gasteiger partial charge in [-0.15, -0.1) is 0 Å². The average Bonchev–Trinajstić information content (AvgIpc) is 2.18. The van der Waals surface area contributed by atoms with Crippen molar-refractivity contribution in [3.8, 4) is 0 Å². The molecule has 1 N–H and O–H groups in total. The molecule has 1 aliphatic rings. The van der Waals surface area contributed by atoms with Crippen molar-refractivity contribution in [1.82, 2.24) is 5.32 Å². The molecule has 17 heavy (non-hydrogen) atoms. The van der Waals surface area contributed by atoms with Crippen molar-refractivity contribution in [1.29, 1.82) is 0 Å². The Morgan fingerprint density at radius 3 is 2.65 bits per heavy atom. The SMILES string of the molecule is CN=C1CCC(C)C(NC(=O)OC(C)(C)C)C1. The summed E-state index contributed by atoms with van der Waals surface area (Å²) in [6.45, 7) is 7.77. The molecule has 4 heteroatoms. The van der Waals surface area contributed by atoms with Gasteiger partial charge in [0.25, 0.3) is 0 Å². The molecule has 0 heterocycles. The summed E-state index contributed by atoms with van der Waals surface area (Å²) in [6, 6.07) is 0.150. The molecule has 98 valence electrons. The summed E-state index contributed by atoms with van der Waals surface area (Å²) in [5.41, 5.74) is 0.744. The number of carbonyl (C=O) groups excluding carboxylic acids is 1. The average molecular weight is 240 g/mol. The van der Waals surface area contributed by atoms with Gasteiger partial charge in [0.2, 0.25) is 0 Å². The summed E-state index contributed by atoms with van der Waals surface area (Å²) in [6.07, 6.45) is 2.64. The molecule has 1 amide bonds. The van der Waals surface area contributed by atoms with Crippen molar-refractivity contribution < 1.29 is 9.53 Å². The van der Waals surface area contributed by atoms with Gasteiger partial charge in [-0.25, -0.2) is 4.79 Å². The Balaban J connectivity index is 2.52. The van der Waals surface area contributed by atoms with Crippen molar-refractivity contribution in [3.05, 3.63) is 0 Å². The third kappa shape index (κ3) is 4.75. The lowest BCUT2D eigenvalue weighted by Gasteiger charge is -2.31. The van der Waals surface area contributed by atoms with Crippen molar-refractivity contribution in [3.63, 3.8) is 0 Å². The van der Waals surface area contributed by atoms with E-state index >= 15 is 0 Å². The number of aliphatic imine (C=N–C) groups is 1. The second-order valence-electron chi connectivity index (χ2n) is 5.76. The number of nitrogens with one attached hydrogen (secondary N) is 1. The molecule has 0 aliphatic heterocycles. The van der Waals surface area contributed by atoms with E-state index in [1.807, 2.05) is 27.8 Å². The number of carbonyl (C=O) groups is 1. The van der Waals surface area contributed by atoms with E-state index < -0.39 is 5.60 Å². The lowest BCUT2D eigenvalue weighted by atomic mass is 9.84. The highest BCUT2D eigenvalue weighted by Crippen LogP contribution is 2.22. The van der Waals surface area contributed by atoms with Gasteiger partial charge in [-0.1, -0.05) is 6.92 Å². The Bertz CT molecular complexity index is 305. The molecular formula is C13H24N2O2. The van der Waals surface area contributed by atoms with Gasteiger partial charge in [0.1, 0.15) is 5.60 Å². The van der Waals surface area contributed by atoms with Crippen LogP contribution < -0.4 is 5.32 Å². The van der Waals surface area contributed by atoms with E-state index in [2.05, 4.69) is 17.2 Å². The van der Waals surface area contributed by atoms with E-state index in [9.17, 15) is 4.79 Å². The second kappa shape index (κ2) is 5.52. The molecule has 0 bridgehead atoms. The van der Waals surface area contributed by atoms with Crippen LogP contribution in [0.15, 0.2) is 4.99 Å². The Hall–Kier alpha value is -1.06. The topological polar surface area (TPSA) is 50.7 Å². The number of hydrogen-bond donors (Lipinski definition) is 1. The van der Waals surface area contributed by atoms with E-state index in [4.69, 9.17) is 4.74 Å². The van der Waals surface area contributed by atoms with Gasteiger partial charge in [-0.05, 0) is 39.5 Å². The Morgan fingerprint density at radius 1 is 1.47 bits per heavy atom. The van der Waals surface area contributed by atoms with Gasteiger partial charge in [0.15, 0.2) is 0 Å². The Kier molecular flexibility index (Phi) is 4.54. The Morgan fingerprint density at radius 2 is 2.12 bits per heavy atom. The number of rotatable bonds is 1. The smallest absolute Gasteiger partial charge is 0.407 e. The molecule has 1 fully saturated rings. The molecule has 1 rings (SSSR count). The lowest BCUT2D eigenvalue weighted by Crippen LogP contribution is -2.45. The summed E-state index contributed by atoms with van der Waals surface area (Å²) < 4.78 is 5.27. The summed E-state index contributed by atoms with van der Waals surface area (Å²) >= 11 is 0. The molecule has 0 radical (unpaired) electrons. The molecule has 4 nitrogen and oxygen atoms in total. The fourth-order valence-electron chi connectivity index (χ4n) is 2.01. The first-order valence-corrected chi connectivity index (χ1v) is 6.26. The lowest BCUT2D eigenvalue weighted by molar-refractivity contribution is 0.0486. The van der Waals surface area contributed by atoms with Crippen molar-refractivity contribution in [2.45, 2.75) is 58.6 Å². The van der Waals surface area contributed by atoms with E-state index in [0.717, 1.165) is 19.3 Å². The van der Waals surface area contributed by atoms with Crippen LogP contribution in [0, 0.1) is 5.92 Å². The highest BCUT2D eigenvalue weighted by molar-refractivity contribution is 5.86. The monoisotopic (exact) mass is 240 g/mol. The van der Waals surface area contributed by atoms with Crippen LogP contribution in [0.1, 0.15) is 47.0 Å². The van der Waals surface area contributed by atoms with E-state index in [1.165, 1.54) is 5.71 Å². The van der Waals surface area contributed by atoms with Gasteiger partial charge >= 0.3 is 6.09 Å². The van der Waals surface area contributed by atoms with E-state index in [0.29, 0.717) is 5.92 Å². The number of alkyl carbamates (subject to hydrolysis) is 1. The molecule has 1 aliphatic carbocycles. The maximum absolute atomic E-state index is 11.7. The predicted octanol–water partition coefficient (Wildman–Crippen LogP) is 2.77. The first-order valence-electron chi connectivity index (χ1n) is 6.26. The highest BCUT2D eigenvalue weighted by atomic mass is 16.6. The fourth-order valence-corrected chi connectivity index (χ4v) is 2.01. The maximum Gasteiger partial charge on any atom is 0.407 e. The molecule has 1 saturated carbocycles. The van der Waals surface area contributed by atoms with Crippen molar-refractivity contribution >= 4 is 11.8 Å².